The van der Waals surface area contributed by atoms with Crippen molar-refractivity contribution >= 4 is 39.5 Å². The fourth-order valence-corrected chi connectivity index (χ4v) is 11.2. The zero-order valence-corrected chi connectivity index (χ0v) is 56.3. The fourth-order valence-electron chi connectivity index (χ4n) is 9.61. The molecular formula is C65H126O17P2. The molecule has 0 rings (SSSR count). The van der Waals surface area contributed by atoms with Crippen molar-refractivity contribution in [1.82, 2.24) is 0 Å². The number of unbranched alkanes of at least 4 members (excludes halogenated alkanes) is 28. The van der Waals surface area contributed by atoms with Gasteiger partial charge in [-0.05, 0) is 49.4 Å². The summed E-state index contributed by atoms with van der Waals surface area (Å²) in [4.78, 5) is 72.2. The molecule has 0 aliphatic heterocycles. The summed E-state index contributed by atoms with van der Waals surface area (Å²) in [6.07, 6.45) is 35.1. The van der Waals surface area contributed by atoms with Crippen LogP contribution in [0.4, 0.5) is 0 Å². The zero-order chi connectivity index (χ0) is 62.5. The van der Waals surface area contributed by atoms with Crippen LogP contribution in [-0.2, 0) is 65.4 Å². The number of phosphoric acid groups is 2. The number of ether oxygens (including phenoxy) is 4. The van der Waals surface area contributed by atoms with Crippen LogP contribution in [0.1, 0.15) is 312 Å². The third kappa shape index (κ3) is 59.0. The summed E-state index contributed by atoms with van der Waals surface area (Å²) < 4.78 is 68.0. The first-order chi connectivity index (χ1) is 40.1. The van der Waals surface area contributed by atoms with Crippen molar-refractivity contribution < 1.29 is 80.2 Å². The lowest BCUT2D eigenvalue weighted by atomic mass is 10.0. The lowest BCUT2D eigenvalue weighted by Crippen LogP contribution is -2.30. The first kappa shape index (κ1) is 82.1. The zero-order valence-electron chi connectivity index (χ0n) is 54.5. The summed E-state index contributed by atoms with van der Waals surface area (Å²) >= 11 is 0. The van der Waals surface area contributed by atoms with Gasteiger partial charge in [-0.1, -0.05) is 261 Å². The number of aliphatic hydroxyl groups is 1. The van der Waals surface area contributed by atoms with E-state index in [0.29, 0.717) is 37.5 Å². The molecule has 0 spiro atoms. The molecule has 498 valence electrons. The molecule has 19 heteroatoms. The van der Waals surface area contributed by atoms with Gasteiger partial charge >= 0.3 is 39.5 Å². The molecule has 0 heterocycles. The Hall–Kier alpha value is -1.94. The molecule has 0 aliphatic rings. The van der Waals surface area contributed by atoms with E-state index >= 15 is 0 Å². The van der Waals surface area contributed by atoms with E-state index < -0.39 is 97.5 Å². The van der Waals surface area contributed by atoms with E-state index in [-0.39, 0.29) is 25.7 Å². The van der Waals surface area contributed by atoms with Crippen molar-refractivity contribution in [2.45, 2.75) is 331 Å². The largest absolute Gasteiger partial charge is 0.472 e. The molecule has 0 aromatic heterocycles. The SMILES string of the molecule is CC(C)CCCCCCCCCCCCCC(=O)O[C@H](COC(=O)CCCCCCCCCC(C)C)COP(=O)(O)OC[C@@H](O)COP(=O)(O)OC[C@@H](COC(=O)CCCCCCCCC(C)C)OC(=O)CCCCCCCCCCC(C)C. The highest BCUT2D eigenvalue weighted by molar-refractivity contribution is 7.47. The number of aliphatic hydroxyl groups excluding tert-OH is 1. The van der Waals surface area contributed by atoms with Gasteiger partial charge in [-0.15, -0.1) is 0 Å². The van der Waals surface area contributed by atoms with E-state index in [1.807, 2.05) is 0 Å². The van der Waals surface area contributed by atoms with Crippen LogP contribution in [0.25, 0.3) is 0 Å². The number of carbonyl (C=O) groups excluding carboxylic acids is 4. The molecule has 17 nitrogen and oxygen atoms in total. The van der Waals surface area contributed by atoms with Gasteiger partial charge in [0.15, 0.2) is 12.2 Å². The maximum absolute atomic E-state index is 13.0. The van der Waals surface area contributed by atoms with Crippen molar-refractivity contribution in [1.29, 1.82) is 0 Å². The summed E-state index contributed by atoms with van der Waals surface area (Å²) in [7, 11) is -9.89. The minimum absolute atomic E-state index is 0.103. The van der Waals surface area contributed by atoms with Gasteiger partial charge in [0.1, 0.15) is 19.3 Å². The van der Waals surface area contributed by atoms with Gasteiger partial charge in [0.05, 0.1) is 26.4 Å². The van der Waals surface area contributed by atoms with E-state index in [2.05, 4.69) is 55.4 Å². The van der Waals surface area contributed by atoms with E-state index in [0.717, 1.165) is 115 Å². The maximum atomic E-state index is 13.0. The first-order valence-corrected chi connectivity index (χ1v) is 36.7. The average Bonchev–Trinajstić information content (AvgIpc) is 3.57. The van der Waals surface area contributed by atoms with E-state index in [9.17, 15) is 43.2 Å². The highest BCUT2D eigenvalue weighted by atomic mass is 31.2. The minimum Gasteiger partial charge on any atom is -0.462 e. The molecule has 0 aliphatic carbocycles. The van der Waals surface area contributed by atoms with Gasteiger partial charge in [-0.2, -0.15) is 0 Å². The second-order valence-corrected chi connectivity index (χ2v) is 28.3. The molecule has 0 bridgehead atoms. The monoisotopic (exact) mass is 1240 g/mol. The number of phosphoric ester groups is 2. The standard InChI is InChI=1S/C65H126O17P2/c1-55(2)41-33-25-17-12-10-9-11-13-20-31-39-47-64(69)81-60(51-75-62(67)45-37-29-22-16-19-27-35-43-57(5)6)53-79-83(71,72)77-49-59(66)50-78-84(73,74)80-54-61(52-76-63(68)46-38-30-24-23-28-36-44-58(7)8)82-65(70)48-40-32-21-15-14-18-26-34-42-56(3)4/h55-61,66H,9-54H2,1-8H3,(H,71,72)(H,73,74)/t59-,60-,61-/m1/s1. The summed E-state index contributed by atoms with van der Waals surface area (Å²) in [5.41, 5.74) is 0. The van der Waals surface area contributed by atoms with Crippen LogP contribution in [0.2, 0.25) is 0 Å². The second kappa shape index (κ2) is 55.2. The Bertz CT molecular complexity index is 1680. The summed E-state index contributed by atoms with van der Waals surface area (Å²) in [5.74, 6) is 0.728. The van der Waals surface area contributed by atoms with Crippen molar-refractivity contribution in [3.8, 4) is 0 Å². The number of hydrogen-bond donors (Lipinski definition) is 3. The van der Waals surface area contributed by atoms with Gasteiger partial charge in [0.2, 0.25) is 0 Å². The predicted molar refractivity (Wildman–Crippen MR) is 335 cm³/mol. The average molecular weight is 1240 g/mol. The third-order valence-electron chi connectivity index (χ3n) is 14.8. The molecule has 0 fully saturated rings. The van der Waals surface area contributed by atoms with E-state index in [4.69, 9.17) is 37.0 Å². The normalized spacial score (nSPS) is 14.4. The number of hydrogen-bond acceptors (Lipinski definition) is 15. The van der Waals surface area contributed by atoms with Crippen molar-refractivity contribution in [2.75, 3.05) is 39.6 Å². The number of esters is 4. The lowest BCUT2D eigenvalue weighted by Gasteiger charge is -2.21. The molecule has 0 radical (unpaired) electrons. The number of carbonyl (C=O) groups is 4. The van der Waals surface area contributed by atoms with Gasteiger partial charge in [0.25, 0.3) is 0 Å². The summed E-state index contributed by atoms with van der Waals surface area (Å²) in [5, 5.41) is 10.5. The molecular weight excluding hydrogens is 1110 g/mol. The molecule has 0 saturated heterocycles. The van der Waals surface area contributed by atoms with Crippen molar-refractivity contribution in [2.24, 2.45) is 23.7 Å². The lowest BCUT2D eigenvalue weighted by molar-refractivity contribution is -0.161. The fraction of sp³-hybridized carbons (Fsp3) is 0.938. The molecule has 84 heavy (non-hydrogen) atoms. The molecule has 2 unspecified atom stereocenters. The van der Waals surface area contributed by atoms with Crippen LogP contribution >= 0.6 is 15.6 Å². The van der Waals surface area contributed by atoms with E-state index in [1.54, 1.807) is 0 Å². The summed E-state index contributed by atoms with van der Waals surface area (Å²) in [6, 6.07) is 0. The number of rotatable bonds is 62. The Morgan fingerprint density at radius 2 is 0.500 bits per heavy atom. The van der Waals surface area contributed by atoms with E-state index in [1.165, 1.54) is 103 Å². The van der Waals surface area contributed by atoms with Crippen LogP contribution in [0, 0.1) is 23.7 Å². The highest BCUT2D eigenvalue weighted by Crippen LogP contribution is 2.45. The van der Waals surface area contributed by atoms with Gasteiger partial charge in [-0.25, -0.2) is 9.13 Å². The topological polar surface area (TPSA) is 237 Å². The molecule has 0 saturated carbocycles. The van der Waals surface area contributed by atoms with Gasteiger partial charge < -0.3 is 33.8 Å². The Kier molecular flexibility index (Phi) is 53.9. The summed E-state index contributed by atoms with van der Waals surface area (Å²) in [6.45, 7) is 13.9. The van der Waals surface area contributed by atoms with Gasteiger partial charge in [-0.3, -0.25) is 37.3 Å². The van der Waals surface area contributed by atoms with Crippen LogP contribution < -0.4 is 0 Å². The Morgan fingerprint density at radius 3 is 0.738 bits per heavy atom. The molecule has 0 aromatic carbocycles. The maximum Gasteiger partial charge on any atom is 0.472 e. The van der Waals surface area contributed by atoms with Crippen molar-refractivity contribution in [3.05, 3.63) is 0 Å². The highest BCUT2D eigenvalue weighted by Gasteiger charge is 2.30. The first-order valence-electron chi connectivity index (χ1n) is 33.7. The third-order valence-corrected chi connectivity index (χ3v) is 16.7. The minimum atomic E-state index is -4.95. The molecule has 0 aromatic rings. The predicted octanol–water partition coefficient (Wildman–Crippen LogP) is 17.8. The van der Waals surface area contributed by atoms with Gasteiger partial charge in [0, 0.05) is 25.7 Å². The van der Waals surface area contributed by atoms with Crippen LogP contribution in [-0.4, -0.2) is 96.7 Å². The Labute approximate surface area is 511 Å². The Balaban J connectivity index is 5.25. The quantitative estimate of drug-likeness (QED) is 0.0222. The Morgan fingerprint density at radius 1 is 0.298 bits per heavy atom. The van der Waals surface area contributed by atoms with Crippen molar-refractivity contribution in [3.63, 3.8) is 0 Å². The second-order valence-electron chi connectivity index (χ2n) is 25.4. The van der Waals surface area contributed by atoms with Crippen LogP contribution in [0.5, 0.6) is 0 Å². The van der Waals surface area contributed by atoms with Crippen LogP contribution in [0.15, 0.2) is 0 Å². The smallest absolute Gasteiger partial charge is 0.462 e. The van der Waals surface area contributed by atoms with Crippen LogP contribution in [0.3, 0.4) is 0 Å². The molecule has 0 amide bonds. The molecule has 5 atom stereocenters. The molecule has 3 N–H and O–H groups in total.